The molecular weight excluding hydrogens is 676 g/mol. The van der Waals surface area contributed by atoms with Gasteiger partial charge in [0, 0.05) is 15.5 Å². The summed E-state index contributed by atoms with van der Waals surface area (Å²) >= 11 is 0. The fraction of sp³-hybridized carbons (Fsp3) is 0.789. The molecule has 1 N–H and O–H groups in total. The first-order valence-corrected chi connectivity index (χ1v) is 17.5. The predicted molar refractivity (Wildman–Crippen MR) is 199 cm³/mol. The summed E-state index contributed by atoms with van der Waals surface area (Å²) < 4.78 is 50.4. The normalized spacial score (nSPS) is 20.5. The molecular formula is C38H70N2O12. The van der Waals surface area contributed by atoms with Gasteiger partial charge >= 0.3 is 12.2 Å². The molecule has 1 aromatic rings. The van der Waals surface area contributed by atoms with Gasteiger partial charge in [0.05, 0.1) is 71.5 Å². The van der Waals surface area contributed by atoms with Crippen molar-refractivity contribution in [2.75, 3.05) is 67.0 Å². The molecule has 0 saturated carbocycles. The molecule has 3 rings (SSSR count). The van der Waals surface area contributed by atoms with Crippen molar-refractivity contribution in [1.29, 1.82) is 0 Å². The predicted octanol–water partition coefficient (Wildman–Crippen LogP) is 5.87. The summed E-state index contributed by atoms with van der Waals surface area (Å²) in [6.45, 7) is 21.2. The zero-order valence-electron chi connectivity index (χ0n) is 32.9. The first-order valence-electron chi connectivity index (χ1n) is 17.5. The van der Waals surface area contributed by atoms with Gasteiger partial charge in [-0.25, -0.2) is 9.59 Å². The molecule has 0 unspecified atom stereocenters. The Labute approximate surface area is 313 Å². The van der Waals surface area contributed by atoms with E-state index in [1.54, 1.807) is 34.9 Å². The zero-order valence-corrected chi connectivity index (χ0v) is 32.9. The van der Waals surface area contributed by atoms with Crippen LogP contribution < -0.4 is 0 Å². The highest BCUT2D eigenvalue weighted by Crippen LogP contribution is 2.23. The molecule has 52 heavy (non-hydrogen) atoms. The van der Waals surface area contributed by atoms with E-state index in [0.29, 0.717) is 46.2 Å². The number of carbonyl (C=O) groups excluding carboxylic acids is 2. The fourth-order valence-electron chi connectivity index (χ4n) is 4.77. The van der Waals surface area contributed by atoms with Crippen LogP contribution in [-0.4, -0.2) is 141 Å². The lowest BCUT2D eigenvalue weighted by molar-refractivity contribution is -0.146. The maximum atomic E-state index is 12.5. The fourth-order valence-corrected chi connectivity index (χ4v) is 4.77. The Morgan fingerprint density at radius 3 is 1.56 bits per heavy atom. The van der Waals surface area contributed by atoms with Gasteiger partial charge in [-0.05, 0) is 74.8 Å². The number of hydrogen-bond acceptors (Lipinski definition) is 12. The van der Waals surface area contributed by atoms with Crippen LogP contribution >= 0.6 is 0 Å². The molecule has 304 valence electrons. The standard InChI is InChI=1S/C22H35NO6.C15H29NO6.CH4.H2/c1-21(2,3)29-20(24)23(6)18(13-25-12-17-10-8-7-9-11-17)14-26-15-19-16-27-22(4,5)28-19;1-14(2,3)22-13(18)16(6)11(7-17)8-19-9-12-10-20-15(4,5)21-12;;/h7-11,18-19H,12-16H2,1-6H3;11-12,17H,7-10H2,1-6H3;1H4;1H/t18-,19-;11-,12-;;/m11../s1. The lowest BCUT2D eigenvalue weighted by Gasteiger charge is -2.30. The van der Waals surface area contributed by atoms with Crippen molar-refractivity contribution in [3.05, 3.63) is 35.9 Å². The minimum Gasteiger partial charge on any atom is -0.444 e. The van der Waals surface area contributed by atoms with Gasteiger partial charge in [-0.15, -0.1) is 0 Å². The minimum absolute atomic E-state index is 0. The number of amides is 2. The number of ether oxygens (including phenoxy) is 9. The van der Waals surface area contributed by atoms with E-state index in [4.69, 9.17) is 42.6 Å². The van der Waals surface area contributed by atoms with E-state index in [0.717, 1.165) is 5.56 Å². The van der Waals surface area contributed by atoms with Crippen LogP contribution in [-0.2, 0) is 49.2 Å². The first-order chi connectivity index (χ1) is 23.6. The third-order valence-electron chi connectivity index (χ3n) is 7.45. The Morgan fingerprint density at radius 2 is 1.17 bits per heavy atom. The van der Waals surface area contributed by atoms with Crippen LogP contribution in [0, 0.1) is 0 Å². The van der Waals surface area contributed by atoms with Gasteiger partial charge in [-0.1, -0.05) is 37.8 Å². The molecule has 2 aliphatic rings. The van der Waals surface area contributed by atoms with Crippen molar-refractivity contribution >= 4 is 12.2 Å². The van der Waals surface area contributed by atoms with Gasteiger partial charge < -0.3 is 57.5 Å². The molecule has 14 heteroatoms. The lowest BCUT2D eigenvalue weighted by Crippen LogP contribution is -2.45. The highest BCUT2D eigenvalue weighted by Gasteiger charge is 2.34. The second-order valence-electron chi connectivity index (χ2n) is 15.6. The molecule has 2 aliphatic heterocycles. The second-order valence-corrected chi connectivity index (χ2v) is 15.6. The van der Waals surface area contributed by atoms with Gasteiger partial charge in [-0.2, -0.15) is 0 Å². The summed E-state index contributed by atoms with van der Waals surface area (Å²) in [6.07, 6.45) is -1.16. The molecule has 0 bridgehead atoms. The number of nitrogens with zero attached hydrogens (tertiary/aromatic N) is 2. The highest BCUT2D eigenvalue weighted by atomic mass is 16.8. The lowest BCUT2D eigenvalue weighted by atomic mass is 10.2. The van der Waals surface area contributed by atoms with Crippen molar-refractivity contribution in [2.24, 2.45) is 0 Å². The van der Waals surface area contributed by atoms with E-state index < -0.39 is 41.0 Å². The van der Waals surface area contributed by atoms with Crippen molar-refractivity contribution in [1.82, 2.24) is 9.80 Å². The van der Waals surface area contributed by atoms with Gasteiger partial charge in [0.25, 0.3) is 0 Å². The number of aliphatic hydroxyl groups is 1. The molecule has 2 amide bonds. The Kier molecular flexibility index (Phi) is 19.5. The summed E-state index contributed by atoms with van der Waals surface area (Å²) in [4.78, 5) is 27.3. The smallest absolute Gasteiger partial charge is 0.410 e. The average molecular weight is 747 g/mol. The SMILES string of the molecule is C.CN(C(=O)OC(C)(C)C)[C@H](CO)COC[C@@H]1COC(C)(C)O1.CN(C(=O)OC(C)(C)C)[C@H](COCc1ccccc1)COC[C@@H]1COC(C)(C)O1.[HH]. The molecule has 14 nitrogen and oxygen atoms in total. The molecule has 0 aromatic heterocycles. The Hall–Kier alpha value is -2.56. The van der Waals surface area contributed by atoms with E-state index in [2.05, 4.69) is 0 Å². The number of rotatable bonds is 15. The van der Waals surface area contributed by atoms with Crippen LogP contribution in [0.5, 0.6) is 0 Å². The van der Waals surface area contributed by atoms with Crippen LogP contribution in [0.15, 0.2) is 30.3 Å². The molecule has 2 fully saturated rings. The molecule has 0 radical (unpaired) electrons. The number of aliphatic hydroxyl groups excluding tert-OH is 1. The van der Waals surface area contributed by atoms with Gasteiger partial charge in [-0.3, -0.25) is 0 Å². The van der Waals surface area contributed by atoms with Crippen LogP contribution in [0.4, 0.5) is 9.59 Å². The van der Waals surface area contributed by atoms with Crippen molar-refractivity contribution in [3.8, 4) is 0 Å². The highest BCUT2D eigenvalue weighted by molar-refractivity contribution is 5.68. The van der Waals surface area contributed by atoms with Crippen LogP contribution in [0.3, 0.4) is 0 Å². The summed E-state index contributed by atoms with van der Waals surface area (Å²) in [7, 11) is 3.28. The summed E-state index contributed by atoms with van der Waals surface area (Å²) in [5.41, 5.74) is -0.0689. The topological polar surface area (TPSA) is 144 Å². The first kappa shape index (κ1) is 47.5. The molecule has 1 aromatic carbocycles. The van der Waals surface area contributed by atoms with E-state index in [-0.39, 0.29) is 40.3 Å². The number of hydrogen-bond donors (Lipinski definition) is 1. The molecule has 0 aliphatic carbocycles. The van der Waals surface area contributed by atoms with Crippen LogP contribution in [0.1, 0.15) is 83.7 Å². The minimum atomic E-state index is -0.586. The summed E-state index contributed by atoms with van der Waals surface area (Å²) in [5, 5.41) is 9.43. The Balaban J connectivity index is 0.00000102. The molecule has 2 saturated heterocycles. The van der Waals surface area contributed by atoms with E-state index in [1.807, 2.05) is 78.8 Å². The van der Waals surface area contributed by atoms with Gasteiger partial charge in [0.2, 0.25) is 0 Å². The summed E-state index contributed by atoms with van der Waals surface area (Å²) in [6, 6.07) is 9.15. The van der Waals surface area contributed by atoms with Crippen molar-refractivity contribution in [3.63, 3.8) is 0 Å². The third-order valence-corrected chi connectivity index (χ3v) is 7.45. The second kappa shape index (κ2) is 21.4. The van der Waals surface area contributed by atoms with E-state index in [1.165, 1.54) is 9.80 Å². The van der Waals surface area contributed by atoms with E-state index >= 15 is 0 Å². The van der Waals surface area contributed by atoms with Gasteiger partial charge in [0.1, 0.15) is 23.4 Å². The molecule has 2 heterocycles. The van der Waals surface area contributed by atoms with Gasteiger partial charge in [0.15, 0.2) is 11.6 Å². The zero-order chi connectivity index (χ0) is 38.5. The summed E-state index contributed by atoms with van der Waals surface area (Å²) in [5.74, 6) is -1.17. The average Bonchev–Trinajstić information content (AvgIpc) is 3.56. The van der Waals surface area contributed by atoms with Crippen LogP contribution in [0.2, 0.25) is 0 Å². The maximum absolute atomic E-state index is 12.5. The Bertz CT molecular complexity index is 1180. The molecule has 4 atom stereocenters. The number of likely N-dealkylation sites (N-methyl/N-ethyl adjacent to an activating group) is 2. The van der Waals surface area contributed by atoms with Crippen LogP contribution in [0.25, 0.3) is 0 Å². The largest absolute Gasteiger partial charge is 0.444 e. The third kappa shape index (κ3) is 19.0. The Morgan fingerprint density at radius 1 is 0.769 bits per heavy atom. The maximum Gasteiger partial charge on any atom is 0.410 e. The number of carbonyl (C=O) groups is 2. The molecule has 0 spiro atoms. The monoisotopic (exact) mass is 746 g/mol. The quantitative estimate of drug-likeness (QED) is 0.229. The van der Waals surface area contributed by atoms with E-state index in [9.17, 15) is 14.7 Å². The van der Waals surface area contributed by atoms with Crippen molar-refractivity contribution in [2.45, 2.75) is 130 Å². The number of benzene rings is 1. The van der Waals surface area contributed by atoms with Crippen molar-refractivity contribution < 1.29 is 58.8 Å².